The Morgan fingerprint density at radius 3 is 2.33 bits per heavy atom. The van der Waals surface area contributed by atoms with Crippen LogP contribution in [0, 0.1) is 5.41 Å². The van der Waals surface area contributed by atoms with Gasteiger partial charge in [-0.2, -0.15) is 13.2 Å². The first-order chi connectivity index (χ1) is 9.48. The molecule has 118 valence electrons. The lowest BCUT2D eigenvalue weighted by Crippen LogP contribution is -2.57. The van der Waals surface area contributed by atoms with Crippen LogP contribution in [0.2, 0.25) is 0 Å². The molecule has 1 aliphatic carbocycles. The summed E-state index contributed by atoms with van der Waals surface area (Å²) in [7, 11) is -5.41. The number of aliphatic hydroxyl groups is 1. The second kappa shape index (κ2) is 4.88. The van der Waals surface area contributed by atoms with Gasteiger partial charge in [0.2, 0.25) is 0 Å². The summed E-state index contributed by atoms with van der Waals surface area (Å²) in [5.41, 5.74) is -5.98. The molecule has 0 aromatic heterocycles. The van der Waals surface area contributed by atoms with E-state index in [1.54, 1.807) is 13.8 Å². The lowest BCUT2D eigenvalue weighted by atomic mass is 9.64. The molecule has 0 radical (unpaired) electrons. The number of hydrogen-bond acceptors (Lipinski definition) is 4. The van der Waals surface area contributed by atoms with E-state index in [1.807, 2.05) is 0 Å². The van der Waals surface area contributed by atoms with Gasteiger partial charge in [-0.3, -0.25) is 0 Å². The zero-order chi connectivity index (χ0) is 16.1. The number of alkyl halides is 3. The summed E-state index contributed by atoms with van der Waals surface area (Å²) in [5.74, 6) is 0. The lowest BCUT2D eigenvalue weighted by molar-refractivity contribution is -0.0512. The lowest BCUT2D eigenvalue weighted by Gasteiger charge is -2.50. The smallest absolute Gasteiger partial charge is 0.392 e. The monoisotopic (exact) mass is 323 g/mol. The molecule has 0 bridgehead atoms. The van der Waals surface area contributed by atoms with Gasteiger partial charge in [0.25, 0.3) is 9.84 Å². The normalized spacial score (nSPS) is 25.2. The van der Waals surface area contributed by atoms with Crippen molar-refractivity contribution in [1.82, 2.24) is 0 Å². The predicted molar refractivity (Wildman–Crippen MR) is 71.5 cm³/mol. The van der Waals surface area contributed by atoms with Crippen LogP contribution in [0.25, 0.3) is 0 Å². The van der Waals surface area contributed by atoms with E-state index in [9.17, 15) is 26.7 Å². The molecule has 2 N–H and O–H groups in total. The standard InChI is InChI=1S/C13H16F3NO3S/c1-12(2)10(7-11(12)18)17-8-5-3-4-6-9(8)21(19,20)13(14,15)16/h3-6,10-11,17-18H,7H2,1-2H3. The number of aliphatic hydroxyl groups excluding tert-OH is 1. The van der Waals surface area contributed by atoms with E-state index in [0.717, 1.165) is 6.07 Å². The molecule has 0 spiro atoms. The van der Waals surface area contributed by atoms with Crippen LogP contribution in [0.4, 0.5) is 18.9 Å². The summed E-state index contributed by atoms with van der Waals surface area (Å²) in [6.07, 6.45) is -0.214. The molecule has 0 heterocycles. The van der Waals surface area contributed by atoms with Crippen LogP contribution in [-0.2, 0) is 9.84 Å². The summed E-state index contributed by atoms with van der Waals surface area (Å²) in [6, 6.07) is 4.62. The first-order valence-electron chi connectivity index (χ1n) is 6.33. The maximum absolute atomic E-state index is 12.7. The Balaban J connectivity index is 2.36. The van der Waals surface area contributed by atoms with Gasteiger partial charge < -0.3 is 10.4 Å². The average Bonchev–Trinajstić information content (AvgIpc) is 2.37. The predicted octanol–water partition coefficient (Wildman–Crippen LogP) is 2.55. The van der Waals surface area contributed by atoms with Gasteiger partial charge >= 0.3 is 5.51 Å². The van der Waals surface area contributed by atoms with Crippen molar-refractivity contribution in [3.8, 4) is 0 Å². The Bertz CT molecular complexity index is 640. The van der Waals surface area contributed by atoms with Crippen molar-refractivity contribution in [1.29, 1.82) is 0 Å². The fourth-order valence-corrected chi connectivity index (χ4v) is 3.20. The topological polar surface area (TPSA) is 66.4 Å². The van der Waals surface area contributed by atoms with Crippen LogP contribution < -0.4 is 5.32 Å². The molecule has 2 unspecified atom stereocenters. The number of nitrogens with one attached hydrogen (secondary N) is 1. The summed E-state index contributed by atoms with van der Waals surface area (Å²) >= 11 is 0. The van der Waals surface area contributed by atoms with Crippen molar-refractivity contribution in [3.05, 3.63) is 24.3 Å². The van der Waals surface area contributed by atoms with E-state index in [0.29, 0.717) is 6.42 Å². The Morgan fingerprint density at radius 1 is 1.29 bits per heavy atom. The minimum absolute atomic E-state index is 0.0974. The summed E-state index contributed by atoms with van der Waals surface area (Å²) in [6.45, 7) is 3.53. The molecule has 8 heteroatoms. The van der Waals surface area contributed by atoms with Gasteiger partial charge in [0.15, 0.2) is 0 Å². The van der Waals surface area contributed by atoms with Gasteiger partial charge in [-0.15, -0.1) is 0 Å². The van der Waals surface area contributed by atoms with Crippen molar-refractivity contribution < 1.29 is 26.7 Å². The van der Waals surface area contributed by atoms with Crippen molar-refractivity contribution in [2.45, 2.75) is 42.8 Å². The SMILES string of the molecule is CC1(C)C(O)CC1Nc1ccccc1S(=O)(=O)C(F)(F)F. The molecular weight excluding hydrogens is 307 g/mol. The molecule has 0 aliphatic heterocycles. The molecule has 21 heavy (non-hydrogen) atoms. The van der Waals surface area contributed by atoms with Crippen molar-refractivity contribution in [3.63, 3.8) is 0 Å². The number of anilines is 1. The van der Waals surface area contributed by atoms with Crippen LogP contribution in [0.3, 0.4) is 0 Å². The highest BCUT2D eigenvalue weighted by atomic mass is 32.2. The van der Waals surface area contributed by atoms with Gasteiger partial charge in [-0.25, -0.2) is 8.42 Å². The Morgan fingerprint density at radius 2 is 1.86 bits per heavy atom. The Kier molecular flexibility index (Phi) is 3.74. The number of sulfone groups is 1. The second-order valence-electron chi connectivity index (χ2n) is 5.72. The van der Waals surface area contributed by atoms with Crippen molar-refractivity contribution >= 4 is 15.5 Å². The molecule has 2 atom stereocenters. The fraction of sp³-hybridized carbons (Fsp3) is 0.538. The number of hydrogen-bond donors (Lipinski definition) is 2. The third kappa shape index (κ3) is 2.62. The van der Waals surface area contributed by atoms with Crippen molar-refractivity contribution in [2.24, 2.45) is 5.41 Å². The molecule has 0 amide bonds. The van der Waals surface area contributed by atoms with Gasteiger partial charge in [0, 0.05) is 11.5 Å². The fourth-order valence-electron chi connectivity index (χ4n) is 2.28. The maximum Gasteiger partial charge on any atom is 0.501 e. The molecule has 1 aliphatic rings. The third-order valence-electron chi connectivity index (χ3n) is 4.03. The van der Waals surface area contributed by atoms with Crippen LogP contribution >= 0.6 is 0 Å². The van der Waals surface area contributed by atoms with E-state index in [-0.39, 0.29) is 11.7 Å². The first-order valence-corrected chi connectivity index (χ1v) is 7.81. The van der Waals surface area contributed by atoms with E-state index < -0.39 is 31.8 Å². The maximum atomic E-state index is 12.7. The highest BCUT2D eigenvalue weighted by molar-refractivity contribution is 7.92. The first kappa shape index (κ1) is 16.1. The second-order valence-corrected chi connectivity index (χ2v) is 7.62. The number of para-hydroxylation sites is 1. The molecule has 2 rings (SSSR count). The quantitative estimate of drug-likeness (QED) is 0.897. The molecule has 1 saturated carbocycles. The molecule has 1 aromatic rings. The average molecular weight is 323 g/mol. The van der Waals surface area contributed by atoms with Gasteiger partial charge in [-0.05, 0) is 18.6 Å². The molecule has 1 aromatic carbocycles. The third-order valence-corrected chi connectivity index (χ3v) is 5.57. The van der Waals surface area contributed by atoms with Crippen LogP contribution in [0.1, 0.15) is 20.3 Å². The number of benzene rings is 1. The molecular formula is C13H16F3NO3S. The van der Waals surface area contributed by atoms with Crippen LogP contribution in [0.5, 0.6) is 0 Å². The van der Waals surface area contributed by atoms with Crippen LogP contribution in [-0.4, -0.2) is 31.2 Å². The van der Waals surface area contributed by atoms with Crippen molar-refractivity contribution in [2.75, 3.05) is 5.32 Å². The van der Waals surface area contributed by atoms with E-state index in [1.165, 1.54) is 18.2 Å². The zero-order valence-corrected chi connectivity index (χ0v) is 12.3. The Hall–Kier alpha value is -1.28. The highest BCUT2D eigenvalue weighted by Gasteiger charge is 2.50. The summed E-state index contributed by atoms with van der Waals surface area (Å²) in [5, 5.41) is 12.5. The molecule has 1 fully saturated rings. The summed E-state index contributed by atoms with van der Waals surface area (Å²) < 4.78 is 61.2. The molecule has 0 saturated heterocycles. The zero-order valence-electron chi connectivity index (χ0n) is 11.5. The highest BCUT2D eigenvalue weighted by Crippen LogP contribution is 2.43. The van der Waals surface area contributed by atoms with E-state index >= 15 is 0 Å². The number of halogens is 3. The minimum Gasteiger partial charge on any atom is -0.392 e. The summed E-state index contributed by atoms with van der Waals surface area (Å²) in [4.78, 5) is -0.797. The number of rotatable bonds is 3. The minimum atomic E-state index is -5.41. The van der Waals surface area contributed by atoms with Crippen LogP contribution in [0.15, 0.2) is 29.2 Å². The molecule has 4 nitrogen and oxygen atoms in total. The van der Waals surface area contributed by atoms with E-state index in [4.69, 9.17) is 0 Å². The Labute approximate surface area is 120 Å². The van der Waals surface area contributed by atoms with Gasteiger partial charge in [0.1, 0.15) is 0 Å². The van der Waals surface area contributed by atoms with E-state index in [2.05, 4.69) is 5.32 Å². The van der Waals surface area contributed by atoms with Gasteiger partial charge in [0.05, 0.1) is 16.7 Å². The largest absolute Gasteiger partial charge is 0.501 e. The van der Waals surface area contributed by atoms with Gasteiger partial charge in [-0.1, -0.05) is 26.0 Å².